The van der Waals surface area contributed by atoms with Gasteiger partial charge in [0.15, 0.2) is 5.76 Å². The first-order valence-electron chi connectivity index (χ1n) is 5.15. The number of furan rings is 1. The summed E-state index contributed by atoms with van der Waals surface area (Å²) in [6.07, 6.45) is 0.768. The predicted molar refractivity (Wildman–Crippen MR) is 61.9 cm³/mol. The molecule has 1 amide bonds. The van der Waals surface area contributed by atoms with Gasteiger partial charge in [-0.25, -0.2) is 0 Å². The Labute approximate surface area is 99.9 Å². The SMILES string of the molecule is CCc1ccc(C(=O)NC(CCl)COC)o1. The number of nitrogens with one attached hydrogen (secondary N) is 1. The lowest BCUT2D eigenvalue weighted by Crippen LogP contribution is -2.39. The molecule has 1 atom stereocenters. The van der Waals surface area contributed by atoms with Crippen molar-refractivity contribution in [2.75, 3.05) is 19.6 Å². The number of methoxy groups -OCH3 is 1. The van der Waals surface area contributed by atoms with Gasteiger partial charge in [-0.05, 0) is 12.1 Å². The van der Waals surface area contributed by atoms with E-state index >= 15 is 0 Å². The maximum absolute atomic E-state index is 11.7. The minimum atomic E-state index is -0.262. The summed E-state index contributed by atoms with van der Waals surface area (Å²) in [5, 5.41) is 2.73. The highest BCUT2D eigenvalue weighted by Gasteiger charge is 2.15. The largest absolute Gasteiger partial charge is 0.456 e. The van der Waals surface area contributed by atoms with Gasteiger partial charge in [0.05, 0.1) is 12.6 Å². The van der Waals surface area contributed by atoms with Gasteiger partial charge in [0.2, 0.25) is 0 Å². The Morgan fingerprint density at radius 3 is 2.88 bits per heavy atom. The van der Waals surface area contributed by atoms with Crippen LogP contribution in [0.15, 0.2) is 16.5 Å². The monoisotopic (exact) mass is 245 g/mol. The number of aryl methyl sites for hydroxylation is 1. The van der Waals surface area contributed by atoms with Crippen molar-refractivity contribution in [3.05, 3.63) is 23.7 Å². The number of rotatable bonds is 6. The van der Waals surface area contributed by atoms with Crippen LogP contribution in [0, 0.1) is 0 Å². The summed E-state index contributed by atoms with van der Waals surface area (Å²) >= 11 is 5.69. The Morgan fingerprint density at radius 2 is 2.38 bits per heavy atom. The molecule has 1 aromatic heterocycles. The van der Waals surface area contributed by atoms with Gasteiger partial charge in [0.1, 0.15) is 5.76 Å². The Bertz CT molecular complexity index is 338. The molecule has 0 fully saturated rings. The molecule has 1 unspecified atom stereocenters. The number of hydrogen-bond donors (Lipinski definition) is 1. The molecule has 0 spiro atoms. The molecule has 0 bridgehead atoms. The normalized spacial score (nSPS) is 12.4. The van der Waals surface area contributed by atoms with Crippen LogP contribution in [0.4, 0.5) is 0 Å². The second kappa shape index (κ2) is 6.55. The molecule has 5 heteroatoms. The van der Waals surface area contributed by atoms with Crippen LogP contribution < -0.4 is 5.32 Å². The van der Waals surface area contributed by atoms with Crippen LogP contribution in [0.2, 0.25) is 0 Å². The van der Waals surface area contributed by atoms with Gasteiger partial charge in [0.25, 0.3) is 5.91 Å². The van der Waals surface area contributed by atoms with Crippen molar-refractivity contribution in [1.82, 2.24) is 5.32 Å². The van der Waals surface area contributed by atoms with Gasteiger partial charge in [0, 0.05) is 19.4 Å². The van der Waals surface area contributed by atoms with Gasteiger partial charge in [-0.15, -0.1) is 11.6 Å². The molecule has 1 rings (SSSR count). The van der Waals surface area contributed by atoms with E-state index in [1.54, 1.807) is 19.2 Å². The Kier molecular flexibility index (Phi) is 5.35. The zero-order valence-electron chi connectivity index (χ0n) is 9.46. The lowest BCUT2D eigenvalue weighted by Gasteiger charge is -2.13. The summed E-state index contributed by atoms with van der Waals surface area (Å²) in [6, 6.07) is 3.25. The van der Waals surface area contributed by atoms with E-state index in [1.807, 2.05) is 6.92 Å². The molecule has 1 aromatic rings. The predicted octanol–water partition coefficient (Wildman–Crippen LogP) is 1.83. The highest BCUT2D eigenvalue weighted by atomic mass is 35.5. The van der Waals surface area contributed by atoms with Crippen molar-refractivity contribution < 1.29 is 13.9 Å². The van der Waals surface area contributed by atoms with Crippen LogP contribution in [0.25, 0.3) is 0 Å². The van der Waals surface area contributed by atoms with Crippen molar-refractivity contribution in [2.24, 2.45) is 0 Å². The minimum Gasteiger partial charge on any atom is -0.456 e. The molecule has 0 aliphatic rings. The summed E-state index contributed by atoms with van der Waals surface area (Å²) in [5.41, 5.74) is 0. The second-order valence-corrected chi connectivity index (χ2v) is 3.71. The molecule has 0 aliphatic heterocycles. The van der Waals surface area contributed by atoms with E-state index in [2.05, 4.69) is 5.32 Å². The molecular formula is C11H16ClNO3. The molecule has 16 heavy (non-hydrogen) atoms. The first kappa shape index (κ1) is 13.1. The third-order valence-electron chi connectivity index (χ3n) is 2.12. The van der Waals surface area contributed by atoms with Crippen LogP contribution in [0.3, 0.4) is 0 Å². The number of amides is 1. The van der Waals surface area contributed by atoms with E-state index in [0.29, 0.717) is 18.2 Å². The first-order valence-corrected chi connectivity index (χ1v) is 5.69. The van der Waals surface area contributed by atoms with E-state index in [4.69, 9.17) is 20.8 Å². The number of alkyl halides is 1. The van der Waals surface area contributed by atoms with Crippen LogP contribution in [-0.4, -0.2) is 31.5 Å². The van der Waals surface area contributed by atoms with Crippen LogP contribution in [0.5, 0.6) is 0 Å². The molecule has 0 aromatic carbocycles. The number of carbonyl (C=O) groups is 1. The maximum Gasteiger partial charge on any atom is 0.287 e. The molecule has 1 heterocycles. The van der Waals surface area contributed by atoms with Crippen molar-refractivity contribution in [3.63, 3.8) is 0 Å². The minimum absolute atomic E-state index is 0.200. The topological polar surface area (TPSA) is 51.5 Å². The fourth-order valence-corrected chi connectivity index (χ4v) is 1.44. The van der Waals surface area contributed by atoms with E-state index < -0.39 is 0 Å². The smallest absolute Gasteiger partial charge is 0.287 e. The van der Waals surface area contributed by atoms with Crippen molar-refractivity contribution in [2.45, 2.75) is 19.4 Å². The first-order chi connectivity index (χ1) is 7.71. The quantitative estimate of drug-likeness (QED) is 0.778. The van der Waals surface area contributed by atoms with Crippen molar-refractivity contribution in [1.29, 1.82) is 0 Å². The molecule has 90 valence electrons. The second-order valence-electron chi connectivity index (χ2n) is 3.40. The molecule has 0 saturated heterocycles. The van der Waals surface area contributed by atoms with E-state index in [9.17, 15) is 4.79 Å². The number of carbonyl (C=O) groups excluding carboxylic acids is 1. The van der Waals surface area contributed by atoms with Crippen molar-refractivity contribution in [3.8, 4) is 0 Å². The summed E-state index contributed by atoms with van der Waals surface area (Å²) in [4.78, 5) is 11.7. The summed E-state index contributed by atoms with van der Waals surface area (Å²) in [6.45, 7) is 2.35. The Balaban J connectivity index is 2.56. The fraction of sp³-hybridized carbons (Fsp3) is 0.545. The summed E-state index contributed by atoms with van der Waals surface area (Å²) in [7, 11) is 1.56. The van der Waals surface area contributed by atoms with Gasteiger partial charge in [-0.3, -0.25) is 4.79 Å². The third kappa shape index (κ3) is 3.54. The van der Waals surface area contributed by atoms with Gasteiger partial charge >= 0.3 is 0 Å². The molecular weight excluding hydrogens is 230 g/mol. The van der Waals surface area contributed by atoms with Gasteiger partial charge < -0.3 is 14.5 Å². The zero-order chi connectivity index (χ0) is 12.0. The average Bonchev–Trinajstić information content (AvgIpc) is 2.76. The zero-order valence-corrected chi connectivity index (χ0v) is 10.2. The average molecular weight is 246 g/mol. The van der Waals surface area contributed by atoms with Gasteiger partial charge in [-0.2, -0.15) is 0 Å². The highest BCUT2D eigenvalue weighted by Crippen LogP contribution is 2.08. The van der Waals surface area contributed by atoms with Crippen LogP contribution >= 0.6 is 11.6 Å². The number of halogens is 1. The molecule has 0 saturated carbocycles. The third-order valence-corrected chi connectivity index (χ3v) is 2.50. The van der Waals surface area contributed by atoms with E-state index in [1.165, 1.54) is 0 Å². The lowest BCUT2D eigenvalue weighted by molar-refractivity contribution is 0.0877. The van der Waals surface area contributed by atoms with E-state index in [0.717, 1.165) is 12.2 Å². The van der Waals surface area contributed by atoms with Crippen molar-refractivity contribution >= 4 is 17.5 Å². The molecule has 4 nitrogen and oxygen atoms in total. The van der Waals surface area contributed by atoms with Gasteiger partial charge in [-0.1, -0.05) is 6.92 Å². The van der Waals surface area contributed by atoms with Crippen LogP contribution in [-0.2, 0) is 11.2 Å². The Hall–Kier alpha value is -1.00. The highest BCUT2D eigenvalue weighted by molar-refractivity contribution is 6.18. The van der Waals surface area contributed by atoms with E-state index in [-0.39, 0.29) is 11.9 Å². The standard InChI is InChI=1S/C11H16ClNO3/c1-3-9-4-5-10(16-9)11(14)13-8(6-12)7-15-2/h4-5,8H,3,6-7H2,1-2H3,(H,13,14). The fourth-order valence-electron chi connectivity index (χ4n) is 1.27. The molecule has 0 radical (unpaired) electrons. The number of ether oxygens (including phenoxy) is 1. The number of hydrogen-bond acceptors (Lipinski definition) is 3. The molecule has 1 N–H and O–H groups in total. The lowest BCUT2D eigenvalue weighted by atomic mass is 10.3. The Morgan fingerprint density at radius 1 is 1.62 bits per heavy atom. The summed E-state index contributed by atoms with van der Waals surface area (Å²) in [5.74, 6) is 1.14. The summed E-state index contributed by atoms with van der Waals surface area (Å²) < 4.78 is 10.3. The molecule has 0 aliphatic carbocycles. The maximum atomic E-state index is 11.7. The van der Waals surface area contributed by atoms with Crippen LogP contribution in [0.1, 0.15) is 23.2 Å².